The third-order valence-electron chi connectivity index (χ3n) is 2.53. The van der Waals surface area contributed by atoms with Gasteiger partial charge in [-0.25, -0.2) is 0 Å². The molecule has 0 spiro atoms. The van der Waals surface area contributed by atoms with Crippen molar-refractivity contribution in [2.75, 3.05) is 0 Å². The van der Waals surface area contributed by atoms with Crippen LogP contribution >= 0.6 is 12.4 Å². The van der Waals surface area contributed by atoms with E-state index in [-0.39, 0.29) is 12.4 Å². The highest BCUT2D eigenvalue weighted by Crippen LogP contribution is 2.29. The monoisotopic (exact) mass is 193 g/mol. The van der Waals surface area contributed by atoms with Gasteiger partial charge in [-0.05, 0) is 31.1 Å². The molecule has 0 radical (unpaired) electrons. The molecule has 0 aromatic heterocycles. The predicted octanol–water partition coefficient (Wildman–Crippen LogP) is 3.22. The Labute approximate surface area is 83.5 Å². The van der Waals surface area contributed by atoms with E-state index in [1.807, 2.05) is 0 Å². The maximum absolute atomic E-state index is 5.68. The number of rotatable bonds is 3. The van der Waals surface area contributed by atoms with Gasteiger partial charge in [0.25, 0.3) is 0 Å². The zero-order valence-corrected chi connectivity index (χ0v) is 9.87. The van der Waals surface area contributed by atoms with Crippen LogP contribution in [-0.4, -0.2) is 6.04 Å². The fourth-order valence-corrected chi connectivity index (χ4v) is 0.946. The van der Waals surface area contributed by atoms with Gasteiger partial charge < -0.3 is 5.73 Å². The van der Waals surface area contributed by atoms with Gasteiger partial charge in [0.15, 0.2) is 0 Å². The highest BCUT2D eigenvalue weighted by Gasteiger charge is 2.19. The third-order valence-corrected chi connectivity index (χ3v) is 2.53. The van der Waals surface area contributed by atoms with Gasteiger partial charge in [0.05, 0.1) is 0 Å². The molecule has 0 aliphatic heterocycles. The zero-order chi connectivity index (χ0) is 9.07. The molecule has 2 heteroatoms. The average molecular weight is 194 g/mol. The molecular weight excluding hydrogens is 170 g/mol. The zero-order valence-electron chi connectivity index (χ0n) is 9.05. The molecular formula is C10H24ClN. The minimum Gasteiger partial charge on any atom is -0.328 e. The predicted molar refractivity (Wildman–Crippen MR) is 58.8 cm³/mol. The Kier molecular flexibility index (Phi) is 7.16. The Hall–Kier alpha value is 0.250. The maximum Gasteiger partial charge on any atom is 0.00105 e. The minimum atomic E-state index is 0. The lowest BCUT2D eigenvalue weighted by Crippen LogP contribution is -2.21. The molecule has 0 saturated carbocycles. The van der Waals surface area contributed by atoms with E-state index in [4.69, 9.17) is 5.73 Å². The third kappa shape index (κ3) is 6.93. The summed E-state index contributed by atoms with van der Waals surface area (Å²) in [7, 11) is 0. The molecule has 2 atom stereocenters. The highest BCUT2D eigenvalue weighted by molar-refractivity contribution is 5.85. The molecule has 0 fully saturated rings. The van der Waals surface area contributed by atoms with Crippen LogP contribution in [0.2, 0.25) is 0 Å². The first-order valence-electron chi connectivity index (χ1n) is 4.59. The largest absolute Gasteiger partial charge is 0.328 e. The first-order valence-corrected chi connectivity index (χ1v) is 4.59. The molecule has 0 saturated heterocycles. The molecule has 0 bridgehead atoms. The lowest BCUT2D eigenvalue weighted by atomic mass is 9.79. The van der Waals surface area contributed by atoms with Gasteiger partial charge in [0.1, 0.15) is 0 Å². The number of hydrogen-bond donors (Lipinski definition) is 1. The van der Waals surface area contributed by atoms with Crippen LogP contribution in [0.25, 0.3) is 0 Å². The molecule has 2 N–H and O–H groups in total. The molecule has 0 amide bonds. The quantitative estimate of drug-likeness (QED) is 0.732. The molecule has 0 rings (SSSR count). The van der Waals surface area contributed by atoms with E-state index < -0.39 is 0 Å². The first-order chi connectivity index (χ1) is 4.84. The number of hydrogen-bond acceptors (Lipinski definition) is 1. The number of halogens is 1. The van der Waals surface area contributed by atoms with Crippen LogP contribution in [0, 0.1) is 11.3 Å². The van der Waals surface area contributed by atoms with E-state index in [2.05, 4.69) is 34.6 Å². The van der Waals surface area contributed by atoms with Crippen LogP contribution < -0.4 is 5.73 Å². The maximum atomic E-state index is 5.68. The van der Waals surface area contributed by atoms with Crippen LogP contribution in [0.3, 0.4) is 0 Å². The summed E-state index contributed by atoms with van der Waals surface area (Å²) in [6.45, 7) is 11.3. The molecule has 1 nitrogen and oxygen atoms in total. The van der Waals surface area contributed by atoms with Crippen LogP contribution in [0.4, 0.5) is 0 Å². The van der Waals surface area contributed by atoms with Gasteiger partial charge in [-0.15, -0.1) is 12.4 Å². The summed E-state index contributed by atoms with van der Waals surface area (Å²) < 4.78 is 0. The Morgan fingerprint density at radius 2 is 1.50 bits per heavy atom. The molecule has 0 aromatic carbocycles. The Morgan fingerprint density at radius 1 is 1.08 bits per heavy atom. The van der Waals surface area contributed by atoms with Gasteiger partial charge in [-0.1, -0.05) is 27.7 Å². The second-order valence-electron chi connectivity index (χ2n) is 4.82. The molecule has 0 aliphatic carbocycles. The van der Waals surface area contributed by atoms with E-state index in [0.717, 1.165) is 12.3 Å². The topological polar surface area (TPSA) is 26.0 Å². The SMILES string of the molecule is CC(N)CCC(C)C(C)(C)C.Cl. The van der Waals surface area contributed by atoms with E-state index in [1.165, 1.54) is 6.42 Å². The van der Waals surface area contributed by atoms with Crippen molar-refractivity contribution in [2.45, 2.75) is 53.5 Å². The summed E-state index contributed by atoms with van der Waals surface area (Å²) in [4.78, 5) is 0. The van der Waals surface area contributed by atoms with Crippen molar-refractivity contribution in [1.82, 2.24) is 0 Å². The summed E-state index contributed by atoms with van der Waals surface area (Å²) in [6, 6.07) is 0.361. The molecule has 2 unspecified atom stereocenters. The Bertz CT molecular complexity index is 105. The molecule has 0 aliphatic rings. The smallest absolute Gasteiger partial charge is 0.00105 e. The van der Waals surface area contributed by atoms with Gasteiger partial charge in [-0.2, -0.15) is 0 Å². The van der Waals surface area contributed by atoms with Crippen molar-refractivity contribution in [3.8, 4) is 0 Å². The van der Waals surface area contributed by atoms with Crippen LogP contribution in [0.1, 0.15) is 47.5 Å². The standard InChI is InChI=1S/C10H23N.ClH/c1-8(10(3,4)5)6-7-9(2)11;/h8-9H,6-7,11H2,1-5H3;1H. The summed E-state index contributed by atoms with van der Waals surface area (Å²) in [6.07, 6.45) is 2.40. The van der Waals surface area contributed by atoms with Crippen LogP contribution in [-0.2, 0) is 0 Å². The van der Waals surface area contributed by atoms with Crippen molar-refractivity contribution in [3.63, 3.8) is 0 Å². The summed E-state index contributed by atoms with van der Waals surface area (Å²) >= 11 is 0. The summed E-state index contributed by atoms with van der Waals surface area (Å²) in [5.74, 6) is 0.772. The highest BCUT2D eigenvalue weighted by atomic mass is 35.5. The van der Waals surface area contributed by atoms with Crippen molar-refractivity contribution in [2.24, 2.45) is 17.1 Å². The van der Waals surface area contributed by atoms with E-state index in [9.17, 15) is 0 Å². The van der Waals surface area contributed by atoms with Crippen molar-refractivity contribution in [3.05, 3.63) is 0 Å². The van der Waals surface area contributed by atoms with Crippen molar-refractivity contribution < 1.29 is 0 Å². The van der Waals surface area contributed by atoms with Gasteiger partial charge in [0, 0.05) is 6.04 Å². The van der Waals surface area contributed by atoms with E-state index in [0.29, 0.717) is 11.5 Å². The lowest BCUT2D eigenvalue weighted by Gasteiger charge is -2.27. The molecule has 0 heterocycles. The van der Waals surface area contributed by atoms with Crippen molar-refractivity contribution in [1.29, 1.82) is 0 Å². The van der Waals surface area contributed by atoms with E-state index >= 15 is 0 Å². The molecule has 76 valence electrons. The van der Waals surface area contributed by atoms with Crippen LogP contribution in [0.15, 0.2) is 0 Å². The first kappa shape index (κ1) is 14.8. The summed E-state index contributed by atoms with van der Waals surface area (Å²) in [5.41, 5.74) is 6.12. The van der Waals surface area contributed by atoms with Gasteiger partial charge >= 0.3 is 0 Å². The second kappa shape index (κ2) is 5.82. The molecule has 12 heavy (non-hydrogen) atoms. The van der Waals surface area contributed by atoms with Gasteiger partial charge in [-0.3, -0.25) is 0 Å². The fraction of sp³-hybridized carbons (Fsp3) is 1.00. The normalized spacial score (nSPS) is 16.5. The van der Waals surface area contributed by atoms with Crippen LogP contribution in [0.5, 0.6) is 0 Å². The molecule has 0 aromatic rings. The van der Waals surface area contributed by atoms with E-state index in [1.54, 1.807) is 0 Å². The fourth-order valence-electron chi connectivity index (χ4n) is 0.946. The van der Waals surface area contributed by atoms with Gasteiger partial charge in [0.2, 0.25) is 0 Å². The minimum absolute atomic E-state index is 0. The summed E-state index contributed by atoms with van der Waals surface area (Å²) in [5, 5.41) is 0. The second-order valence-corrected chi connectivity index (χ2v) is 4.82. The van der Waals surface area contributed by atoms with Crippen molar-refractivity contribution >= 4 is 12.4 Å². The Balaban J connectivity index is 0. The lowest BCUT2D eigenvalue weighted by molar-refractivity contribution is 0.239. The average Bonchev–Trinajstić information content (AvgIpc) is 1.80. The number of nitrogens with two attached hydrogens (primary N) is 1. The Morgan fingerprint density at radius 3 is 1.75 bits per heavy atom.